The number of carbonyl (C=O) groups is 1. The summed E-state index contributed by atoms with van der Waals surface area (Å²) in [6.07, 6.45) is 4.45. The van der Waals surface area contributed by atoms with Gasteiger partial charge < -0.3 is 9.47 Å². The first-order valence-corrected chi connectivity index (χ1v) is 7.85. The summed E-state index contributed by atoms with van der Waals surface area (Å²) < 4.78 is 11.3. The van der Waals surface area contributed by atoms with Crippen molar-refractivity contribution in [1.29, 1.82) is 0 Å². The molecule has 0 bridgehead atoms. The summed E-state index contributed by atoms with van der Waals surface area (Å²) in [5.41, 5.74) is 2.99. The van der Waals surface area contributed by atoms with Gasteiger partial charge in [-0.3, -0.25) is 4.79 Å². The maximum Gasteiger partial charge on any atom is 0.161 e. The Balaban J connectivity index is 1.76. The number of rotatable bonds is 5. The van der Waals surface area contributed by atoms with E-state index in [0.29, 0.717) is 24.5 Å². The van der Waals surface area contributed by atoms with Crippen LogP contribution in [0, 0.1) is 0 Å². The van der Waals surface area contributed by atoms with E-state index in [1.54, 1.807) is 7.11 Å². The van der Waals surface area contributed by atoms with Gasteiger partial charge in [-0.25, -0.2) is 0 Å². The highest BCUT2D eigenvalue weighted by atomic mass is 16.5. The molecule has 1 aliphatic carbocycles. The van der Waals surface area contributed by atoms with Gasteiger partial charge in [-0.1, -0.05) is 36.4 Å². The third kappa shape index (κ3) is 3.81. The molecule has 3 heteroatoms. The van der Waals surface area contributed by atoms with Crippen LogP contribution in [0.2, 0.25) is 0 Å². The molecule has 0 radical (unpaired) electrons. The highest BCUT2D eigenvalue weighted by Crippen LogP contribution is 2.31. The molecule has 1 saturated carbocycles. The van der Waals surface area contributed by atoms with Crippen molar-refractivity contribution < 1.29 is 14.3 Å². The molecule has 0 amide bonds. The molecule has 2 aromatic carbocycles. The fourth-order valence-corrected chi connectivity index (χ4v) is 2.72. The van der Waals surface area contributed by atoms with Crippen LogP contribution in [0.3, 0.4) is 0 Å². The Kier molecular flexibility index (Phi) is 4.77. The highest BCUT2D eigenvalue weighted by Gasteiger charge is 2.16. The maximum atomic E-state index is 11.7. The zero-order chi connectivity index (χ0) is 16.1. The van der Waals surface area contributed by atoms with Gasteiger partial charge in [0.25, 0.3) is 0 Å². The van der Waals surface area contributed by atoms with Crippen molar-refractivity contribution in [3.63, 3.8) is 0 Å². The summed E-state index contributed by atoms with van der Waals surface area (Å²) in [6, 6.07) is 15.8. The summed E-state index contributed by atoms with van der Waals surface area (Å²) in [5.74, 6) is 1.64. The van der Waals surface area contributed by atoms with E-state index in [9.17, 15) is 4.79 Å². The molecule has 0 spiro atoms. The number of carbonyl (C=O) groups excluding carboxylic acids is 1. The van der Waals surface area contributed by atoms with Crippen molar-refractivity contribution in [3.05, 3.63) is 65.2 Å². The first-order chi connectivity index (χ1) is 11.3. The lowest BCUT2D eigenvalue weighted by atomic mass is 10.1. The lowest BCUT2D eigenvalue weighted by Crippen LogP contribution is -1.98. The van der Waals surface area contributed by atoms with Gasteiger partial charge >= 0.3 is 0 Å². The average molecular weight is 308 g/mol. The normalized spacial score (nSPS) is 15.9. The standard InChI is InChI=1S/C20H20O3/c1-22-20-13-16(12-17-8-5-9-18(17)21)10-11-19(20)23-14-15-6-3-2-4-7-15/h2-4,6-7,10-13H,5,8-9,14H2,1H3/b17-12-. The molecule has 0 heterocycles. The van der Waals surface area contributed by atoms with E-state index in [1.807, 2.05) is 54.6 Å². The molecule has 0 aliphatic heterocycles. The van der Waals surface area contributed by atoms with Gasteiger partial charge in [0.2, 0.25) is 0 Å². The van der Waals surface area contributed by atoms with Gasteiger partial charge in [0.05, 0.1) is 7.11 Å². The predicted octanol–water partition coefficient (Wildman–Crippen LogP) is 4.41. The Bertz CT molecular complexity index is 717. The molecule has 0 unspecified atom stereocenters. The summed E-state index contributed by atoms with van der Waals surface area (Å²) in [5, 5.41) is 0. The second-order valence-corrected chi connectivity index (χ2v) is 5.63. The molecular weight excluding hydrogens is 288 g/mol. The van der Waals surface area contributed by atoms with Crippen LogP contribution >= 0.6 is 0 Å². The molecule has 23 heavy (non-hydrogen) atoms. The van der Waals surface area contributed by atoms with Gasteiger partial charge in [0.15, 0.2) is 17.3 Å². The van der Waals surface area contributed by atoms with Crippen LogP contribution in [0.1, 0.15) is 30.4 Å². The largest absolute Gasteiger partial charge is 0.493 e. The minimum Gasteiger partial charge on any atom is -0.493 e. The molecule has 1 fully saturated rings. The van der Waals surface area contributed by atoms with Crippen molar-refractivity contribution in [2.24, 2.45) is 0 Å². The van der Waals surface area contributed by atoms with Crippen molar-refractivity contribution in [1.82, 2.24) is 0 Å². The Morgan fingerprint density at radius 3 is 2.57 bits per heavy atom. The summed E-state index contributed by atoms with van der Waals surface area (Å²) >= 11 is 0. The lowest BCUT2D eigenvalue weighted by Gasteiger charge is -2.11. The maximum absolute atomic E-state index is 11.7. The smallest absolute Gasteiger partial charge is 0.161 e. The van der Waals surface area contributed by atoms with E-state index in [2.05, 4.69) is 0 Å². The molecule has 1 aliphatic rings. The van der Waals surface area contributed by atoms with Crippen LogP contribution in [-0.4, -0.2) is 12.9 Å². The molecule has 0 N–H and O–H groups in total. The Labute approximate surface area is 136 Å². The van der Waals surface area contributed by atoms with Crippen LogP contribution in [0.15, 0.2) is 54.1 Å². The van der Waals surface area contributed by atoms with Crippen LogP contribution < -0.4 is 9.47 Å². The van der Waals surface area contributed by atoms with Crippen molar-refractivity contribution in [2.75, 3.05) is 7.11 Å². The number of methoxy groups -OCH3 is 1. The third-order valence-electron chi connectivity index (χ3n) is 3.97. The number of ketones is 1. The Hall–Kier alpha value is -2.55. The number of hydrogen-bond acceptors (Lipinski definition) is 3. The zero-order valence-corrected chi connectivity index (χ0v) is 13.2. The van der Waals surface area contributed by atoms with Crippen LogP contribution in [0.5, 0.6) is 11.5 Å². The minimum atomic E-state index is 0.258. The number of Topliss-reactive ketones (excluding diaryl/α,β-unsaturated/α-hetero) is 1. The second-order valence-electron chi connectivity index (χ2n) is 5.63. The minimum absolute atomic E-state index is 0.258. The fraction of sp³-hybridized carbons (Fsp3) is 0.250. The molecule has 0 atom stereocenters. The van der Waals surface area contributed by atoms with Crippen molar-refractivity contribution >= 4 is 11.9 Å². The van der Waals surface area contributed by atoms with Gasteiger partial charge in [-0.15, -0.1) is 0 Å². The third-order valence-corrected chi connectivity index (χ3v) is 3.97. The number of allylic oxidation sites excluding steroid dienone is 1. The summed E-state index contributed by atoms with van der Waals surface area (Å²) in [4.78, 5) is 11.7. The van der Waals surface area contributed by atoms with E-state index in [4.69, 9.17) is 9.47 Å². The zero-order valence-electron chi connectivity index (χ0n) is 13.2. The monoisotopic (exact) mass is 308 g/mol. The van der Waals surface area contributed by atoms with Crippen molar-refractivity contribution in [2.45, 2.75) is 25.9 Å². The second kappa shape index (κ2) is 7.14. The number of ether oxygens (including phenoxy) is 2. The number of hydrogen-bond donors (Lipinski definition) is 0. The molecule has 118 valence electrons. The lowest BCUT2D eigenvalue weighted by molar-refractivity contribution is -0.114. The van der Waals surface area contributed by atoms with Gasteiger partial charge in [-0.2, -0.15) is 0 Å². The van der Waals surface area contributed by atoms with E-state index in [1.165, 1.54) is 0 Å². The van der Waals surface area contributed by atoms with E-state index in [-0.39, 0.29) is 5.78 Å². The van der Waals surface area contributed by atoms with Gasteiger partial charge in [0, 0.05) is 6.42 Å². The van der Waals surface area contributed by atoms with E-state index >= 15 is 0 Å². The van der Waals surface area contributed by atoms with Gasteiger partial charge in [0.1, 0.15) is 6.61 Å². The summed E-state index contributed by atoms with van der Waals surface area (Å²) in [6.45, 7) is 0.496. The molecular formula is C20H20O3. The molecule has 0 aromatic heterocycles. The topological polar surface area (TPSA) is 35.5 Å². The van der Waals surface area contributed by atoms with Gasteiger partial charge in [-0.05, 0) is 47.8 Å². The van der Waals surface area contributed by atoms with Crippen LogP contribution in [-0.2, 0) is 11.4 Å². The number of benzene rings is 2. The fourth-order valence-electron chi connectivity index (χ4n) is 2.72. The van der Waals surface area contributed by atoms with E-state index in [0.717, 1.165) is 29.5 Å². The molecule has 3 rings (SSSR count). The Morgan fingerprint density at radius 1 is 1.04 bits per heavy atom. The van der Waals surface area contributed by atoms with E-state index < -0.39 is 0 Å². The highest BCUT2D eigenvalue weighted by molar-refractivity contribution is 6.01. The van der Waals surface area contributed by atoms with Crippen molar-refractivity contribution in [3.8, 4) is 11.5 Å². The van der Waals surface area contributed by atoms with Crippen LogP contribution in [0.25, 0.3) is 6.08 Å². The first kappa shape index (κ1) is 15.3. The Morgan fingerprint density at radius 2 is 1.87 bits per heavy atom. The SMILES string of the molecule is COc1cc(/C=C2/CCCC2=O)ccc1OCc1ccccc1. The molecule has 3 nitrogen and oxygen atoms in total. The van der Waals surface area contributed by atoms with Crippen LogP contribution in [0.4, 0.5) is 0 Å². The predicted molar refractivity (Wildman–Crippen MR) is 90.6 cm³/mol. The summed E-state index contributed by atoms with van der Waals surface area (Å²) in [7, 11) is 1.63. The first-order valence-electron chi connectivity index (χ1n) is 7.85. The quantitative estimate of drug-likeness (QED) is 0.767. The molecule has 2 aromatic rings. The molecule has 0 saturated heterocycles. The average Bonchev–Trinajstić information content (AvgIpc) is 2.99.